The topological polar surface area (TPSA) is 90.8 Å². The molecular formula is C11H10N4O2. The van der Waals surface area contributed by atoms with E-state index in [1.54, 1.807) is 24.3 Å². The second-order valence-corrected chi connectivity index (χ2v) is 3.38. The van der Waals surface area contributed by atoms with Crippen LogP contribution in [0, 0.1) is 11.3 Å². The molecule has 0 aliphatic rings. The van der Waals surface area contributed by atoms with Gasteiger partial charge < -0.3 is 10.1 Å². The van der Waals surface area contributed by atoms with E-state index in [1.807, 2.05) is 0 Å². The average Bonchev–Trinajstić information content (AvgIpc) is 2.71. The molecule has 2 N–H and O–H groups in total. The van der Waals surface area contributed by atoms with Crippen molar-refractivity contribution >= 4 is 22.5 Å². The Hall–Kier alpha value is -2.55. The van der Waals surface area contributed by atoms with Gasteiger partial charge in [-0.1, -0.05) is 0 Å². The zero-order chi connectivity index (χ0) is 12.3. The molecular weight excluding hydrogens is 220 g/mol. The van der Waals surface area contributed by atoms with E-state index in [4.69, 9.17) is 10.00 Å². The minimum absolute atomic E-state index is 0.162. The van der Waals surface area contributed by atoms with E-state index >= 15 is 0 Å². The fraction of sp³-hybridized carbons (Fsp3) is 0.182. The maximum atomic E-state index is 11.2. The first-order chi connectivity index (χ1) is 8.24. The fourth-order valence-electron chi connectivity index (χ4n) is 1.50. The van der Waals surface area contributed by atoms with Crippen molar-refractivity contribution in [1.29, 1.82) is 5.26 Å². The second kappa shape index (κ2) is 4.53. The number of amides is 1. The van der Waals surface area contributed by atoms with E-state index in [-0.39, 0.29) is 12.3 Å². The number of benzene rings is 1. The minimum Gasteiger partial charge on any atom is -0.480 e. The summed E-state index contributed by atoms with van der Waals surface area (Å²) in [4.78, 5) is 11.2. The van der Waals surface area contributed by atoms with Crippen LogP contribution in [0.15, 0.2) is 18.2 Å². The summed E-state index contributed by atoms with van der Waals surface area (Å²) in [7, 11) is 1.54. The van der Waals surface area contributed by atoms with Gasteiger partial charge in [-0.2, -0.15) is 5.26 Å². The summed E-state index contributed by atoms with van der Waals surface area (Å²) in [5.41, 5.74) is 1.38. The highest BCUT2D eigenvalue weighted by molar-refractivity contribution is 5.95. The van der Waals surface area contributed by atoms with Crippen molar-refractivity contribution in [2.45, 2.75) is 6.42 Å². The van der Waals surface area contributed by atoms with Crippen LogP contribution < -0.4 is 10.1 Å². The van der Waals surface area contributed by atoms with Crippen LogP contribution in [0.25, 0.3) is 10.9 Å². The molecule has 0 atom stereocenters. The lowest BCUT2D eigenvalue weighted by atomic mass is 10.2. The number of ether oxygens (including phenoxy) is 1. The summed E-state index contributed by atoms with van der Waals surface area (Å²) in [6.07, 6.45) is -0.162. The summed E-state index contributed by atoms with van der Waals surface area (Å²) < 4.78 is 5.05. The maximum Gasteiger partial charge on any atom is 0.240 e. The highest BCUT2D eigenvalue weighted by Gasteiger charge is 2.07. The Labute approximate surface area is 97.2 Å². The normalized spacial score (nSPS) is 9.88. The third-order valence-corrected chi connectivity index (χ3v) is 2.24. The lowest BCUT2D eigenvalue weighted by Crippen LogP contribution is -2.09. The van der Waals surface area contributed by atoms with E-state index in [0.29, 0.717) is 11.6 Å². The number of carbonyl (C=O) groups excluding carboxylic acids is 1. The Kier molecular flexibility index (Phi) is 2.92. The van der Waals surface area contributed by atoms with Crippen LogP contribution in [0.1, 0.15) is 6.42 Å². The number of H-pyrrole nitrogens is 1. The number of nitrogens with one attached hydrogen (secondary N) is 2. The maximum absolute atomic E-state index is 11.2. The highest BCUT2D eigenvalue weighted by atomic mass is 16.5. The number of aromatic amines is 1. The van der Waals surface area contributed by atoms with Crippen molar-refractivity contribution in [3.05, 3.63) is 18.2 Å². The number of hydrogen-bond donors (Lipinski definition) is 2. The number of fused-ring (bicyclic) bond motifs is 1. The SMILES string of the molecule is COc1n[nH]c2cc(NC(=O)CC#N)ccc12. The molecule has 2 aromatic rings. The molecule has 0 saturated carbocycles. The molecule has 1 aromatic carbocycles. The standard InChI is InChI=1S/C11H10N4O2/c1-17-11-8-3-2-7(6-9(8)14-15-11)13-10(16)4-5-12/h2-3,6H,4H2,1H3,(H,13,16)(H,14,15). The van der Waals surface area contributed by atoms with E-state index in [9.17, 15) is 4.79 Å². The molecule has 0 spiro atoms. The van der Waals surface area contributed by atoms with E-state index in [1.165, 1.54) is 7.11 Å². The molecule has 17 heavy (non-hydrogen) atoms. The quantitative estimate of drug-likeness (QED) is 0.834. The Balaban J connectivity index is 2.27. The van der Waals surface area contributed by atoms with Gasteiger partial charge in [0.05, 0.1) is 24.1 Å². The van der Waals surface area contributed by atoms with Crippen LogP contribution in [0.3, 0.4) is 0 Å². The molecule has 1 amide bonds. The van der Waals surface area contributed by atoms with Crippen molar-refractivity contribution in [2.75, 3.05) is 12.4 Å². The van der Waals surface area contributed by atoms with Gasteiger partial charge in [-0.05, 0) is 18.2 Å². The first-order valence-electron chi connectivity index (χ1n) is 4.93. The molecule has 0 unspecified atom stereocenters. The summed E-state index contributed by atoms with van der Waals surface area (Å²) in [6, 6.07) is 7.05. The number of nitriles is 1. The van der Waals surface area contributed by atoms with Gasteiger partial charge in [0, 0.05) is 5.69 Å². The van der Waals surface area contributed by atoms with Crippen LogP contribution in [-0.4, -0.2) is 23.2 Å². The summed E-state index contributed by atoms with van der Waals surface area (Å²) in [6.45, 7) is 0. The number of carbonyl (C=O) groups is 1. The van der Waals surface area contributed by atoms with E-state index < -0.39 is 0 Å². The number of methoxy groups -OCH3 is 1. The Bertz CT molecular complexity index is 597. The van der Waals surface area contributed by atoms with E-state index in [2.05, 4.69) is 15.5 Å². The van der Waals surface area contributed by atoms with Crippen molar-refractivity contribution in [2.24, 2.45) is 0 Å². The fourth-order valence-corrected chi connectivity index (χ4v) is 1.50. The van der Waals surface area contributed by atoms with Crippen LogP contribution in [-0.2, 0) is 4.79 Å². The molecule has 0 aliphatic heterocycles. The summed E-state index contributed by atoms with van der Waals surface area (Å²) in [5, 5.41) is 18.6. The molecule has 6 heteroatoms. The monoisotopic (exact) mass is 230 g/mol. The van der Waals surface area contributed by atoms with Crippen molar-refractivity contribution in [1.82, 2.24) is 10.2 Å². The lowest BCUT2D eigenvalue weighted by Gasteiger charge is -2.02. The second-order valence-electron chi connectivity index (χ2n) is 3.38. The molecule has 0 radical (unpaired) electrons. The van der Waals surface area contributed by atoms with Crippen LogP contribution in [0.2, 0.25) is 0 Å². The Morgan fingerprint density at radius 2 is 2.47 bits per heavy atom. The molecule has 0 fully saturated rings. The zero-order valence-corrected chi connectivity index (χ0v) is 9.15. The lowest BCUT2D eigenvalue weighted by molar-refractivity contribution is -0.115. The zero-order valence-electron chi connectivity index (χ0n) is 9.15. The Morgan fingerprint density at radius 1 is 1.65 bits per heavy atom. The molecule has 0 aliphatic carbocycles. The predicted octanol–water partition coefficient (Wildman–Crippen LogP) is 1.42. The summed E-state index contributed by atoms with van der Waals surface area (Å²) >= 11 is 0. The third kappa shape index (κ3) is 2.18. The van der Waals surface area contributed by atoms with Gasteiger partial charge in [0.15, 0.2) is 0 Å². The molecule has 0 saturated heterocycles. The largest absolute Gasteiger partial charge is 0.480 e. The van der Waals surface area contributed by atoms with Crippen molar-refractivity contribution in [3.8, 4) is 11.9 Å². The van der Waals surface area contributed by atoms with Crippen molar-refractivity contribution < 1.29 is 9.53 Å². The van der Waals surface area contributed by atoms with E-state index in [0.717, 1.165) is 10.9 Å². The van der Waals surface area contributed by atoms with Crippen LogP contribution in [0.4, 0.5) is 5.69 Å². The average molecular weight is 230 g/mol. The number of nitrogens with zero attached hydrogens (tertiary/aromatic N) is 2. The van der Waals surface area contributed by atoms with Gasteiger partial charge >= 0.3 is 0 Å². The van der Waals surface area contributed by atoms with Crippen molar-refractivity contribution in [3.63, 3.8) is 0 Å². The van der Waals surface area contributed by atoms with Crippen LogP contribution in [0.5, 0.6) is 5.88 Å². The van der Waals surface area contributed by atoms with Gasteiger partial charge in [-0.15, -0.1) is 5.10 Å². The Morgan fingerprint density at radius 3 is 3.18 bits per heavy atom. The number of hydrogen-bond acceptors (Lipinski definition) is 4. The molecule has 0 bridgehead atoms. The molecule has 86 valence electrons. The number of aromatic nitrogens is 2. The molecule has 2 rings (SSSR count). The van der Waals surface area contributed by atoms with Gasteiger partial charge in [-0.25, -0.2) is 0 Å². The predicted molar refractivity (Wildman–Crippen MR) is 61.5 cm³/mol. The molecule has 1 aromatic heterocycles. The molecule has 6 nitrogen and oxygen atoms in total. The summed E-state index contributed by atoms with van der Waals surface area (Å²) in [5.74, 6) is 0.174. The van der Waals surface area contributed by atoms with Gasteiger partial charge in [0.25, 0.3) is 0 Å². The number of anilines is 1. The number of rotatable bonds is 3. The first kappa shape index (κ1) is 11.0. The third-order valence-electron chi connectivity index (χ3n) is 2.24. The van der Waals surface area contributed by atoms with Crippen LogP contribution >= 0.6 is 0 Å². The minimum atomic E-state index is -0.335. The smallest absolute Gasteiger partial charge is 0.240 e. The first-order valence-corrected chi connectivity index (χ1v) is 4.93. The molecule has 1 heterocycles. The van der Waals surface area contributed by atoms with Gasteiger partial charge in [0.2, 0.25) is 11.8 Å². The van der Waals surface area contributed by atoms with Gasteiger partial charge in [0.1, 0.15) is 6.42 Å². The highest BCUT2D eigenvalue weighted by Crippen LogP contribution is 2.24. The van der Waals surface area contributed by atoms with Gasteiger partial charge in [-0.3, -0.25) is 9.89 Å².